The predicted molar refractivity (Wildman–Crippen MR) is 73.2 cm³/mol. The number of hydrogen-bond donors (Lipinski definition) is 3. The van der Waals surface area contributed by atoms with E-state index in [1.807, 2.05) is 24.3 Å². The average Bonchev–Trinajstić information content (AvgIpc) is 2.49. The zero-order chi connectivity index (χ0) is 14.4. The molecule has 1 aromatic heterocycles. The molecule has 102 valence electrons. The number of benzene rings is 1. The van der Waals surface area contributed by atoms with Gasteiger partial charge in [-0.3, -0.25) is 5.43 Å². The zero-order valence-corrected chi connectivity index (χ0v) is 10.8. The number of hydrogen-bond acceptors (Lipinski definition) is 8. The third kappa shape index (κ3) is 3.30. The topological polar surface area (TPSA) is 122 Å². The van der Waals surface area contributed by atoms with Crippen LogP contribution in [-0.4, -0.2) is 22.1 Å². The monoisotopic (exact) mass is 271 g/mol. The van der Waals surface area contributed by atoms with Gasteiger partial charge in [-0.05, 0) is 17.7 Å². The van der Waals surface area contributed by atoms with Crippen LogP contribution in [-0.2, 0) is 6.42 Å². The molecule has 4 N–H and O–H groups in total. The standard InChI is InChI=1S/C12H13N7O/c1-20-12-17-10(16-11(18-12)19-14)15-9-4-2-8(3-5-9)6-7-13/h2-5H,6,14H2,1H3,(H2,15,16,17,18,19). The van der Waals surface area contributed by atoms with Crippen molar-refractivity contribution in [3.63, 3.8) is 0 Å². The van der Waals surface area contributed by atoms with Gasteiger partial charge in [0.2, 0.25) is 11.9 Å². The summed E-state index contributed by atoms with van der Waals surface area (Å²) in [6.07, 6.45) is 0.376. The van der Waals surface area contributed by atoms with E-state index in [0.29, 0.717) is 12.4 Å². The molecule has 0 atom stereocenters. The summed E-state index contributed by atoms with van der Waals surface area (Å²) in [5.41, 5.74) is 4.06. The van der Waals surface area contributed by atoms with E-state index >= 15 is 0 Å². The van der Waals surface area contributed by atoms with Crippen molar-refractivity contribution < 1.29 is 4.74 Å². The van der Waals surface area contributed by atoms with Gasteiger partial charge in [-0.25, -0.2) is 5.84 Å². The lowest BCUT2D eigenvalue weighted by Crippen LogP contribution is -2.13. The molecule has 20 heavy (non-hydrogen) atoms. The van der Waals surface area contributed by atoms with Crippen LogP contribution < -0.4 is 21.3 Å². The van der Waals surface area contributed by atoms with Crippen LogP contribution in [0.3, 0.4) is 0 Å². The van der Waals surface area contributed by atoms with E-state index in [-0.39, 0.29) is 12.0 Å². The van der Waals surface area contributed by atoms with Gasteiger partial charge in [-0.15, -0.1) is 0 Å². The lowest BCUT2D eigenvalue weighted by Gasteiger charge is -2.08. The smallest absolute Gasteiger partial charge is 0.322 e. The number of nitrogens with zero attached hydrogens (tertiary/aromatic N) is 4. The SMILES string of the molecule is COc1nc(NN)nc(Nc2ccc(CC#N)cc2)n1. The number of methoxy groups -OCH3 is 1. The molecule has 8 heteroatoms. The summed E-state index contributed by atoms with van der Waals surface area (Å²) in [5.74, 6) is 5.77. The number of rotatable bonds is 5. The van der Waals surface area contributed by atoms with Crippen molar-refractivity contribution in [2.75, 3.05) is 17.9 Å². The second kappa shape index (κ2) is 6.31. The Morgan fingerprint density at radius 3 is 2.50 bits per heavy atom. The molecule has 1 aromatic carbocycles. The third-order valence-corrected chi connectivity index (χ3v) is 2.42. The van der Waals surface area contributed by atoms with E-state index in [4.69, 9.17) is 15.8 Å². The van der Waals surface area contributed by atoms with Crippen LogP contribution in [0.15, 0.2) is 24.3 Å². The summed E-state index contributed by atoms with van der Waals surface area (Å²) in [4.78, 5) is 12.0. The fourth-order valence-corrected chi connectivity index (χ4v) is 1.49. The number of nitrogens with one attached hydrogen (secondary N) is 2. The van der Waals surface area contributed by atoms with Crippen molar-refractivity contribution in [2.24, 2.45) is 5.84 Å². The van der Waals surface area contributed by atoms with Crippen LogP contribution in [0.25, 0.3) is 0 Å². The highest BCUT2D eigenvalue weighted by molar-refractivity contribution is 5.54. The Labute approximate surface area is 115 Å². The van der Waals surface area contributed by atoms with Crippen molar-refractivity contribution in [3.8, 4) is 12.1 Å². The van der Waals surface area contributed by atoms with Crippen molar-refractivity contribution in [2.45, 2.75) is 6.42 Å². The number of nitriles is 1. The number of aromatic nitrogens is 3. The maximum absolute atomic E-state index is 8.61. The Hall–Kier alpha value is -2.92. The van der Waals surface area contributed by atoms with Gasteiger partial charge in [-0.2, -0.15) is 20.2 Å². The van der Waals surface area contributed by atoms with Crippen LogP contribution in [0, 0.1) is 11.3 Å². The molecule has 0 bridgehead atoms. The maximum Gasteiger partial charge on any atom is 0.322 e. The normalized spacial score (nSPS) is 9.65. The molecular weight excluding hydrogens is 258 g/mol. The van der Waals surface area contributed by atoms with Gasteiger partial charge in [0.05, 0.1) is 19.6 Å². The number of ether oxygens (including phenoxy) is 1. The minimum atomic E-state index is 0.150. The molecule has 0 unspecified atom stereocenters. The molecule has 0 aliphatic carbocycles. The quantitative estimate of drug-likeness (QED) is 0.543. The number of hydrazine groups is 1. The van der Waals surface area contributed by atoms with Gasteiger partial charge in [0.15, 0.2) is 0 Å². The highest BCUT2D eigenvalue weighted by Gasteiger charge is 2.06. The van der Waals surface area contributed by atoms with Crippen LogP contribution in [0.2, 0.25) is 0 Å². The van der Waals surface area contributed by atoms with Crippen LogP contribution in [0.5, 0.6) is 6.01 Å². The van der Waals surface area contributed by atoms with Gasteiger partial charge in [0.1, 0.15) is 0 Å². The van der Waals surface area contributed by atoms with Gasteiger partial charge in [0, 0.05) is 5.69 Å². The Morgan fingerprint density at radius 1 is 1.20 bits per heavy atom. The molecule has 0 fully saturated rings. The molecule has 0 spiro atoms. The third-order valence-electron chi connectivity index (χ3n) is 2.42. The Balaban J connectivity index is 2.18. The minimum absolute atomic E-state index is 0.150. The van der Waals surface area contributed by atoms with Gasteiger partial charge < -0.3 is 10.1 Å². The molecule has 0 saturated carbocycles. The van der Waals surface area contributed by atoms with E-state index in [1.54, 1.807) is 0 Å². The Kier molecular flexibility index (Phi) is 4.26. The summed E-state index contributed by atoms with van der Waals surface area (Å²) in [5, 5.41) is 11.6. The summed E-state index contributed by atoms with van der Waals surface area (Å²) < 4.78 is 4.95. The Morgan fingerprint density at radius 2 is 1.90 bits per heavy atom. The van der Waals surface area contributed by atoms with Crippen LogP contribution >= 0.6 is 0 Å². The first-order chi connectivity index (χ1) is 9.75. The first kappa shape index (κ1) is 13.5. The molecule has 0 radical (unpaired) electrons. The lowest BCUT2D eigenvalue weighted by molar-refractivity contribution is 0.379. The fourth-order valence-electron chi connectivity index (χ4n) is 1.49. The number of anilines is 3. The van der Waals surface area contributed by atoms with Gasteiger partial charge in [-0.1, -0.05) is 12.1 Å². The van der Waals surface area contributed by atoms with Crippen molar-refractivity contribution >= 4 is 17.6 Å². The average molecular weight is 271 g/mol. The van der Waals surface area contributed by atoms with E-state index in [9.17, 15) is 0 Å². The largest absolute Gasteiger partial charge is 0.467 e. The van der Waals surface area contributed by atoms with Crippen molar-refractivity contribution in [1.29, 1.82) is 5.26 Å². The van der Waals surface area contributed by atoms with E-state index < -0.39 is 0 Å². The minimum Gasteiger partial charge on any atom is -0.467 e. The second-order valence-corrected chi connectivity index (χ2v) is 3.77. The summed E-state index contributed by atoms with van der Waals surface area (Å²) in [6.45, 7) is 0. The molecule has 8 nitrogen and oxygen atoms in total. The van der Waals surface area contributed by atoms with Gasteiger partial charge >= 0.3 is 6.01 Å². The van der Waals surface area contributed by atoms with E-state index in [1.165, 1.54) is 7.11 Å². The lowest BCUT2D eigenvalue weighted by atomic mass is 10.1. The van der Waals surface area contributed by atoms with Gasteiger partial charge in [0.25, 0.3) is 0 Å². The fraction of sp³-hybridized carbons (Fsp3) is 0.167. The molecule has 0 aliphatic rings. The Bertz CT molecular complexity index is 598. The maximum atomic E-state index is 8.61. The van der Waals surface area contributed by atoms with Crippen molar-refractivity contribution in [3.05, 3.63) is 29.8 Å². The molecule has 0 aliphatic heterocycles. The summed E-state index contributed by atoms with van der Waals surface area (Å²) >= 11 is 0. The van der Waals surface area contributed by atoms with E-state index in [2.05, 4.69) is 31.8 Å². The zero-order valence-electron chi connectivity index (χ0n) is 10.8. The predicted octanol–water partition coefficient (Wildman–Crippen LogP) is 0.975. The molecule has 0 amide bonds. The highest BCUT2D eigenvalue weighted by atomic mass is 16.5. The molecule has 1 heterocycles. The number of nitrogens with two attached hydrogens (primary N) is 1. The van der Waals surface area contributed by atoms with Crippen LogP contribution in [0.1, 0.15) is 5.56 Å². The number of nitrogen functional groups attached to an aromatic ring is 1. The summed E-state index contributed by atoms with van der Waals surface area (Å²) in [7, 11) is 1.45. The first-order valence-electron chi connectivity index (χ1n) is 5.74. The molecule has 0 saturated heterocycles. The van der Waals surface area contributed by atoms with Crippen LogP contribution in [0.4, 0.5) is 17.6 Å². The molecular formula is C12H13N7O. The van der Waals surface area contributed by atoms with E-state index in [0.717, 1.165) is 11.3 Å². The molecule has 2 aromatic rings. The molecule has 2 rings (SSSR count). The summed E-state index contributed by atoms with van der Waals surface area (Å²) in [6, 6.07) is 9.61. The van der Waals surface area contributed by atoms with Crippen molar-refractivity contribution in [1.82, 2.24) is 15.0 Å². The first-order valence-corrected chi connectivity index (χ1v) is 5.74. The highest BCUT2D eigenvalue weighted by Crippen LogP contribution is 2.17. The second-order valence-electron chi connectivity index (χ2n) is 3.77.